The first-order chi connectivity index (χ1) is 15.0. The first-order valence-corrected chi connectivity index (χ1v) is 9.32. The summed E-state index contributed by atoms with van der Waals surface area (Å²) < 4.78 is 31.9. The van der Waals surface area contributed by atoms with Crippen LogP contribution in [0.1, 0.15) is 11.1 Å². The van der Waals surface area contributed by atoms with Gasteiger partial charge in [-0.25, -0.2) is 8.78 Å². The fourth-order valence-electron chi connectivity index (χ4n) is 3.08. The Morgan fingerprint density at radius 1 is 1.06 bits per heavy atom. The molecule has 4 rings (SSSR count). The Bertz CT molecular complexity index is 1200. The number of halogens is 2. The number of benzene rings is 2. The zero-order valence-electron chi connectivity index (χ0n) is 16.4. The van der Waals surface area contributed by atoms with Crippen molar-refractivity contribution in [2.45, 2.75) is 13.3 Å². The topological polar surface area (TPSA) is 84.2 Å². The molecule has 0 fully saturated rings. The second-order valence-corrected chi connectivity index (χ2v) is 6.74. The van der Waals surface area contributed by atoms with Crippen LogP contribution in [0.25, 0.3) is 0 Å². The lowest BCUT2D eigenvalue weighted by Gasteiger charge is -2.23. The van der Waals surface area contributed by atoms with E-state index < -0.39 is 11.6 Å². The molecule has 7 nitrogen and oxygen atoms in total. The fraction of sp³-hybridized carbons (Fsp3) is 0.0909. The molecule has 0 aliphatic heterocycles. The van der Waals surface area contributed by atoms with Crippen molar-refractivity contribution in [3.05, 3.63) is 90.1 Å². The zero-order valence-corrected chi connectivity index (χ0v) is 16.4. The highest BCUT2D eigenvalue weighted by molar-refractivity contribution is 5.93. The predicted octanol–water partition coefficient (Wildman–Crippen LogP) is 4.70. The number of carbonyl (C=O) groups excluding carboxylic acids is 1. The first kappa shape index (κ1) is 20.1. The standard InChI is InChI=1S/C22H17F2N5O2/c1-14-2-4-16(27-21(30)11-15-3-5-18(23)19(24)10-15)12-20(14)29(22-28-26-13-31-22)17-6-8-25-9-7-17/h2-10,12-13H,11H2,1H3,(H,27,30). The highest BCUT2D eigenvalue weighted by Gasteiger charge is 2.19. The van der Waals surface area contributed by atoms with E-state index in [0.717, 1.165) is 23.4 Å². The second kappa shape index (κ2) is 8.70. The number of pyridine rings is 1. The fourth-order valence-corrected chi connectivity index (χ4v) is 3.08. The van der Waals surface area contributed by atoms with Gasteiger partial charge in [0.25, 0.3) is 0 Å². The van der Waals surface area contributed by atoms with Crippen LogP contribution in [0.15, 0.2) is 71.7 Å². The molecule has 156 valence electrons. The Morgan fingerprint density at radius 3 is 2.58 bits per heavy atom. The van der Waals surface area contributed by atoms with Gasteiger partial charge in [0.1, 0.15) is 0 Å². The maximum atomic E-state index is 13.4. The Hall–Kier alpha value is -4.14. The van der Waals surface area contributed by atoms with E-state index in [1.807, 2.05) is 13.0 Å². The van der Waals surface area contributed by atoms with E-state index in [2.05, 4.69) is 20.5 Å². The minimum Gasteiger partial charge on any atom is -0.410 e. The van der Waals surface area contributed by atoms with E-state index in [0.29, 0.717) is 16.9 Å². The molecular weight excluding hydrogens is 404 g/mol. The number of anilines is 4. The molecule has 2 heterocycles. The number of rotatable bonds is 6. The van der Waals surface area contributed by atoms with Gasteiger partial charge in [0.15, 0.2) is 11.6 Å². The summed E-state index contributed by atoms with van der Waals surface area (Å²) in [6.07, 6.45) is 4.41. The van der Waals surface area contributed by atoms with Crippen LogP contribution < -0.4 is 10.2 Å². The molecule has 9 heteroatoms. The Kier molecular flexibility index (Phi) is 5.65. The van der Waals surface area contributed by atoms with Crippen LogP contribution >= 0.6 is 0 Å². The van der Waals surface area contributed by atoms with Crippen molar-refractivity contribution >= 4 is 29.0 Å². The number of hydrogen-bond acceptors (Lipinski definition) is 6. The molecule has 0 radical (unpaired) electrons. The van der Waals surface area contributed by atoms with Crippen molar-refractivity contribution in [1.82, 2.24) is 15.2 Å². The quantitative estimate of drug-likeness (QED) is 0.486. The normalized spacial score (nSPS) is 10.7. The summed E-state index contributed by atoms with van der Waals surface area (Å²) in [5.41, 5.74) is 3.24. The van der Waals surface area contributed by atoms with Crippen molar-refractivity contribution < 1.29 is 18.0 Å². The zero-order chi connectivity index (χ0) is 21.8. The van der Waals surface area contributed by atoms with Crippen LogP contribution in [-0.2, 0) is 11.2 Å². The summed E-state index contributed by atoms with van der Waals surface area (Å²) in [6.45, 7) is 1.91. The minimum atomic E-state index is -0.990. The molecule has 0 saturated heterocycles. The van der Waals surface area contributed by atoms with E-state index in [4.69, 9.17) is 4.42 Å². The van der Waals surface area contributed by atoms with Gasteiger partial charge < -0.3 is 9.73 Å². The molecule has 2 aromatic carbocycles. The summed E-state index contributed by atoms with van der Waals surface area (Å²) in [5, 5.41) is 10.5. The van der Waals surface area contributed by atoms with Crippen molar-refractivity contribution in [2.24, 2.45) is 0 Å². The lowest BCUT2D eigenvalue weighted by atomic mass is 10.1. The van der Waals surface area contributed by atoms with E-state index in [1.54, 1.807) is 41.6 Å². The molecule has 31 heavy (non-hydrogen) atoms. The molecule has 0 bridgehead atoms. The molecule has 0 aliphatic rings. The van der Waals surface area contributed by atoms with Crippen LogP contribution in [0.5, 0.6) is 0 Å². The SMILES string of the molecule is Cc1ccc(NC(=O)Cc2ccc(F)c(F)c2)cc1N(c1ccncc1)c1nnco1. The van der Waals surface area contributed by atoms with Crippen LogP contribution in [0.2, 0.25) is 0 Å². The number of aryl methyl sites for hydroxylation is 1. The highest BCUT2D eigenvalue weighted by atomic mass is 19.2. The summed E-state index contributed by atoms with van der Waals surface area (Å²) in [6, 6.07) is 12.6. The molecule has 4 aromatic rings. The number of aromatic nitrogens is 3. The van der Waals surface area contributed by atoms with Gasteiger partial charge in [-0.2, -0.15) is 0 Å². The van der Waals surface area contributed by atoms with Gasteiger partial charge in [0.2, 0.25) is 12.3 Å². The van der Waals surface area contributed by atoms with E-state index in [9.17, 15) is 13.6 Å². The average molecular weight is 421 g/mol. The van der Waals surface area contributed by atoms with Gasteiger partial charge in [0.05, 0.1) is 17.8 Å². The lowest BCUT2D eigenvalue weighted by molar-refractivity contribution is -0.115. The van der Waals surface area contributed by atoms with Crippen LogP contribution in [0, 0.1) is 18.6 Å². The van der Waals surface area contributed by atoms with Gasteiger partial charge in [-0.1, -0.05) is 17.2 Å². The van der Waals surface area contributed by atoms with Crippen LogP contribution in [0.4, 0.5) is 31.9 Å². The molecule has 0 spiro atoms. The average Bonchev–Trinajstić information content (AvgIpc) is 3.28. The molecule has 0 unspecified atom stereocenters. The summed E-state index contributed by atoms with van der Waals surface area (Å²) in [4.78, 5) is 18.2. The van der Waals surface area contributed by atoms with E-state index in [-0.39, 0.29) is 18.3 Å². The number of hydrogen-bond donors (Lipinski definition) is 1. The third-order valence-electron chi connectivity index (χ3n) is 4.54. The van der Waals surface area contributed by atoms with Crippen LogP contribution in [-0.4, -0.2) is 21.1 Å². The molecule has 0 aliphatic carbocycles. The van der Waals surface area contributed by atoms with E-state index >= 15 is 0 Å². The molecular formula is C22H17F2N5O2. The lowest BCUT2D eigenvalue weighted by Crippen LogP contribution is -2.16. The second-order valence-electron chi connectivity index (χ2n) is 6.74. The smallest absolute Gasteiger partial charge is 0.327 e. The first-order valence-electron chi connectivity index (χ1n) is 9.32. The van der Waals surface area contributed by atoms with Crippen molar-refractivity contribution in [2.75, 3.05) is 10.2 Å². The Balaban J connectivity index is 1.61. The number of nitrogens with zero attached hydrogens (tertiary/aromatic N) is 4. The largest absolute Gasteiger partial charge is 0.410 e. The number of carbonyl (C=O) groups is 1. The van der Waals surface area contributed by atoms with E-state index in [1.165, 1.54) is 12.5 Å². The number of amides is 1. The summed E-state index contributed by atoms with van der Waals surface area (Å²) >= 11 is 0. The molecule has 2 aromatic heterocycles. The molecule has 1 N–H and O–H groups in total. The Labute approximate surface area is 176 Å². The minimum absolute atomic E-state index is 0.0991. The molecule has 0 saturated carbocycles. The van der Waals surface area contributed by atoms with Gasteiger partial charge in [-0.15, -0.1) is 5.10 Å². The van der Waals surface area contributed by atoms with Gasteiger partial charge in [-0.3, -0.25) is 14.7 Å². The summed E-state index contributed by atoms with van der Waals surface area (Å²) in [5.74, 6) is -2.31. The summed E-state index contributed by atoms with van der Waals surface area (Å²) in [7, 11) is 0. The maximum Gasteiger partial charge on any atom is 0.327 e. The van der Waals surface area contributed by atoms with Crippen LogP contribution in [0.3, 0.4) is 0 Å². The van der Waals surface area contributed by atoms with Gasteiger partial charge in [0, 0.05) is 18.1 Å². The van der Waals surface area contributed by atoms with Gasteiger partial charge >= 0.3 is 6.01 Å². The van der Waals surface area contributed by atoms with Gasteiger partial charge in [-0.05, 0) is 54.4 Å². The molecule has 0 atom stereocenters. The van der Waals surface area contributed by atoms with Crippen molar-refractivity contribution in [3.63, 3.8) is 0 Å². The van der Waals surface area contributed by atoms with Crippen molar-refractivity contribution in [3.8, 4) is 0 Å². The maximum absolute atomic E-state index is 13.4. The predicted molar refractivity (Wildman–Crippen MR) is 110 cm³/mol. The highest BCUT2D eigenvalue weighted by Crippen LogP contribution is 2.36. The third-order valence-corrected chi connectivity index (χ3v) is 4.54. The third kappa shape index (κ3) is 4.55. The Morgan fingerprint density at radius 2 is 1.87 bits per heavy atom. The van der Waals surface area contributed by atoms with Crippen molar-refractivity contribution in [1.29, 1.82) is 0 Å². The molecule has 1 amide bonds. The monoisotopic (exact) mass is 421 g/mol. The number of nitrogens with one attached hydrogen (secondary N) is 1.